The molecule has 238 valence electrons. The lowest BCUT2D eigenvalue weighted by Crippen LogP contribution is -2.30. The van der Waals surface area contributed by atoms with Crippen LogP contribution in [0.1, 0.15) is 27.0 Å². The second-order valence-electron chi connectivity index (χ2n) is 9.61. The summed E-state index contributed by atoms with van der Waals surface area (Å²) in [6, 6.07) is 21.3. The van der Waals surface area contributed by atoms with Crippen LogP contribution in [0, 0.1) is 30.2 Å². The normalized spacial score (nSPS) is 11.6. The van der Waals surface area contributed by atoms with Gasteiger partial charge >= 0.3 is 6.18 Å². The summed E-state index contributed by atoms with van der Waals surface area (Å²) in [7, 11) is 0. The van der Waals surface area contributed by atoms with Crippen molar-refractivity contribution in [3.8, 4) is 0 Å². The Balaban J connectivity index is 1.47. The average Bonchev–Trinajstić information content (AvgIpc) is 3.02. The van der Waals surface area contributed by atoms with Crippen LogP contribution in [0.25, 0.3) is 6.08 Å². The molecule has 0 saturated carbocycles. The van der Waals surface area contributed by atoms with Crippen molar-refractivity contribution in [2.24, 2.45) is 0 Å². The lowest BCUT2D eigenvalue weighted by Gasteiger charge is -2.14. The number of carbonyl (C=O) groups is 3. The number of rotatable bonds is 9. The lowest BCUT2D eigenvalue weighted by atomic mass is 10.1. The Bertz CT molecular complexity index is 1780. The fourth-order valence-corrected chi connectivity index (χ4v) is 4.70. The molecule has 0 bridgehead atoms. The second kappa shape index (κ2) is 14.3. The van der Waals surface area contributed by atoms with Crippen LogP contribution >= 0.6 is 11.8 Å². The smallest absolute Gasteiger partial charge is 0.321 e. The molecule has 0 spiro atoms. The van der Waals surface area contributed by atoms with E-state index in [1.54, 1.807) is 47.8 Å². The quantitative estimate of drug-likeness (QED) is 0.0743. The number of alkyl halides is 3. The standard InChI is InChI=1S/C32H22F7N3O3S/c1-17-10-12-18(13-11-17)14-22(41-30(44)19-6-3-2-4-7-19)31(45)40-20-8-5-9-21(15-20)46-16-23(43)42-29-27(35)25(33)24(32(37,38)39)26(34)28(29)36/h2-15H,16H2,1H3,(H,40,45)(H,41,44)(H,42,43)/b22-14+. The topological polar surface area (TPSA) is 87.3 Å². The summed E-state index contributed by atoms with van der Waals surface area (Å²) in [5.74, 6) is -13.2. The molecule has 0 aliphatic heterocycles. The van der Waals surface area contributed by atoms with E-state index in [-0.39, 0.29) is 11.4 Å². The molecule has 0 fully saturated rings. The maximum atomic E-state index is 14.2. The van der Waals surface area contributed by atoms with Crippen molar-refractivity contribution in [2.75, 3.05) is 16.4 Å². The largest absolute Gasteiger partial charge is 0.422 e. The van der Waals surface area contributed by atoms with Gasteiger partial charge in [0.25, 0.3) is 11.8 Å². The Kier molecular flexibility index (Phi) is 10.5. The maximum Gasteiger partial charge on any atom is 0.422 e. The zero-order valence-electron chi connectivity index (χ0n) is 23.6. The predicted molar refractivity (Wildman–Crippen MR) is 159 cm³/mol. The molecule has 0 radical (unpaired) electrons. The van der Waals surface area contributed by atoms with Crippen LogP contribution in [-0.4, -0.2) is 23.5 Å². The summed E-state index contributed by atoms with van der Waals surface area (Å²) >= 11 is 0.777. The molecule has 0 aromatic heterocycles. The van der Waals surface area contributed by atoms with Gasteiger partial charge in [0.1, 0.15) is 16.9 Å². The van der Waals surface area contributed by atoms with Gasteiger partial charge in [-0.15, -0.1) is 11.8 Å². The summed E-state index contributed by atoms with van der Waals surface area (Å²) in [4.78, 5) is 38.7. The average molecular weight is 662 g/mol. The minimum atomic E-state index is -5.72. The second-order valence-corrected chi connectivity index (χ2v) is 10.7. The number of thioether (sulfide) groups is 1. The highest BCUT2D eigenvalue weighted by atomic mass is 32.2. The van der Waals surface area contributed by atoms with Crippen LogP contribution in [0.5, 0.6) is 0 Å². The summed E-state index contributed by atoms with van der Waals surface area (Å²) in [6.07, 6.45) is -4.25. The molecule has 3 amide bonds. The molecule has 46 heavy (non-hydrogen) atoms. The Morgan fingerprint density at radius 1 is 0.783 bits per heavy atom. The van der Waals surface area contributed by atoms with E-state index in [0.29, 0.717) is 16.0 Å². The fourth-order valence-electron chi connectivity index (χ4n) is 3.95. The van der Waals surface area contributed by atoms with Crippen LogP contribution in [0.2, 0.25) is 0 Å². The zero-order valence-corrected chi connectivity index (χ0v) is 24.4. The van der Waals surface area contributed by atoms with Gasteiger partial charge in [0.15, 0.2) is 23.3 Å². The summed E-state index contributed by atoms with van der Waals surface area (Å²) < 4.78 is 94.5. The highest BCUT2D eigenvalue weighted by Gasteiger charge is 2.42. The van der Waals surface area contributed by atoms with Crippen molar-refractivity contribution in [3.63, 3.8) is 0 Å². The number of anilines is 2. The Morgan fingerprint density at radius 2 is 1.41 bits per heavy atom. The lowest BCUT2D eigenvalue weighted by molar-refractivity contribution is -0.143. The first-order valence-electron chi connectivity index (χ1n) is 13.2. The van der Waals surface area contributed by atoms with E-state index in [1.807, 2.05) is 19.1 Å². The third-order valence-electron chi connectivity index (χ3n) is 6.19. The van der Waals surface area contributed by atoms with Gasteiger partial charge in [-0.3, -0.25) is 14.4 Å². The Morgan fingerprint density at radius 3 is 2.02 bits per heavy atom. The zero-order chi connectivity index (χ0) is 33.6. The first-order valence-corrected chi connectivity index (χ1v) is 14.1. The van der Waals surface area contributed by atoms with Crippen LogP contribution < -0.4 is 16.0 Å². The molecule has 3 N–H and O–H groups in total. The maximum absolute atomic E-state index is 14.2. The minimum absolute atomic E-state index is 0.0878. The molecule has 0 unspecified atom stereocenters. The van der Waals surface area contributed by atoms with Crippen LogP contribution in [0.15, 0.2) is 89.5 Å². The highest BCUT2D eigenvalue weighted by Crippen LogP contribution is 2.38. The van der Waals surface area contributed by atoms with Crippen molar-refractivity contribution < 1.29 is 45.1 Å². The highest BCUT2D eigenvalue weighted by molar-refractivity contribution is 8.00. The van der Waals surface area contributed by atoms with E-state index < -0.39 is 64.2 Å². The number of nitrogens with one attached hydrogen (secondary N) is 3. The van der Waals surface area contributed by atoms with Gasteiger partial charge in [-0.05, 0) is 48.9 Å². The van der Waals surface area contributed by atoms with Crippen molar-refractivity contribution in [1.29, 1.82) is 0 Å². The minimum Gasteiger partial charge on any atom is -0.321 e. The van der Waals surface area contributed by atoms with E-state index >= 15 is 0 Å². The first-order chi connectivity index (χ1) is 21.7. The van der Waals surface area contributed by atoms with E-state index in [1.165, 1.54) is 30.3 Å². The molecule has 0 heterocycles. The van der Waals surface area contributed by atoms with E-state index in [0.717, 1.165) is 17.3 Å². The van der Waals surface area contributed by atoms with E-state index in [2.05, 4.69) is 10.6 Å². The molecule has 14 heteroatoms. The SMILES string of the molecule is Cc1ccc(/C=C(/NC(=O)c2ccccc2)C(=O)Nc2cccc(SCC(=O)Nc3c(F)c(F)c(C(F)(F)F)c(F)c3F)c2)cc1. The molecule has 4 aromatic rings. The van der Waals surface area contributed by atoms with E-state index in [4.69, 9.17) is 0 Å². The van der Waals surface area contributed by atoms with Crippen molar-refractivity contribution >= 4 is 46.9 Å². The van der Waals surface area contributed by atoms with Crippen LogP contribution in [-0.2, 0) is 15.8 Å². The number of hydrogen-bond acceptors (Lipinski definition) is 4. The fraction of sp³-hybridized carbons (Fsp3) is 0.0938. The Labute approximate surface area is 261 Å². The summed E-state index contributed by atoms with van der Waals surface area (Å²) in [6.45, 7) is 1.89. The van der Waals surface area contributed by atoms with Gasteiger partial charge in [-0.1, -0.05) is 54.1 Å². The number of amides is 3. The third kappa shape index (κ3) is 8.33. The van der Waals surface area contributed by atoms with E-state index in [9.17, 15) is 45.1 Å². The molecule has 0 saturated heterocycles. The molecule has 0 aliphatic rings. The van der Waals surface area contributed by atoms with Crippen LogP contribution in [0.4, 0.5) is 42.1 Å². The van der Waals surface area contributed by atoms with Crippen molar-refractivity contribution in [2.45, 2.75) is 18.0 Å². The molecule has 4 rings (SSSR count). The number of benzene rings is 4. The monoisotopic (exact) mass is 661 g/mol. The van der Waals surface area contributed by atoms with Gasteiger partial charge in [0, 0.05) is 16.1 Å². The summed E-state index contributed by atoms with van der Waals surface area (Å²) in [5, 5.41) is 6.79. The molecular weight excluding hydrogens is 639 g/mol. The summed E-state index contributed by atoms with van der Waals surface area (Å²) in [5.41, 5.74) is -2.42. The number of halogens is 7. The van der Waals surface area contributed by atoms with Gasteiger partial charge in [0.05, 0.1) is 5.75 Å². The predicted octanol–water partition coefficient (Wildman–Crippen LogP) is 7.71. The third-order valence-corrected chi connectivity index (χ3v) is 7.18. The molecule has 6 nitrogen and oxygen atoms in total. The molecular formula is C32H22F7N3O3S. The molecule has 0 atom stereocenters. The molecule has 4 aromatic carbocycles. The Hall–Kier alpha value is -5.11. The number of carbonyl (C=O) groups excluding carboxylic acids is 3. The van der Waals surface area contributed by atoms with Gasteiger partial charge in [-0.25, -0.2) is 17.6 Å². The first kappa shape index (κ1) is 33.8. The van der Waals surface area contributed by atoms with Gasteiger partial charge < -0.3 is 16.0 Å². The van der Waals surface area contributed by atoms with Crippen LogP contribution in [0.3, 0.4) is 0 Å². The van der Waals surface area contributed by atoms with Crippen molar-refractivity contribution in [3.05, 3.63) is 130 Å². The van der Waals surface area contributed by atoms with Gasteiger partial charge in [-0.2, -0.15) is 13.2 Å². The van der Waals surface area contributed by atoms with Crippen molar-refractivity contribution in [1.82, 2.24) is 5.32 Å². The van der Waals surface area contributed by atoms with Gasteiger partial charge in [0.2, 0.25) is 5.91 Å². The number of hydrogen-bond donors (Lipinski definition) is 3. The molecule has 0 aliphatic carbocycles. The number of aryl methyl sites for hydroxylation is 1.